The minimum Gasteiger partial charge on any atom is -0.482 e. The smallest absolute Gasteiger partial charge is 0.163 e. The lowest BCUT2D eigenvalue weighted by Gasteiger charge is -2.24. The lowest BCUT2D eigenvalue weighted by atomic mass is 9.89. The number of carbonyl (C=O) groups is 1. The van der Waals surface area contributed by atoms with E-state index in [1.54, 1.807) is 31.0 Å². The maximum Gasteiger partial charge on any atom is 0.163 e. The first-order chi connectivity index (χ1) is 12.7. The lowest BCUT2D eigenvalue weighted by molar-refractivity contribution is 0.0972. The largest absolute Gasteiger partial charge is 0.482 e. The number of nitrogen functional groups attached to an aromatic ring is 1. The lowest BCUT2D eigenvalue weighted by Crippen LogP contribution is -2.18. The fourth-order valence-corrected chi connectivity index (χ4v) is 3.35. The van der Waals surface area contributed by atoms with E-state index in [1.165, 1.54) is 0 Å². The number of hydrogen-bond acceptors (Lipinski definition) is 5. The van der Waals surface area contributed by atoms with Gasteiger partial charge in [-0.05, 0) is 36.6 Å². The van der Waals surface area contributed by atoms with E-state index in [0.717, 1.165) is 29.5 Å². The summed E-state index contributed by atoms with van der Waals surface area (Å²) in [4.78, 5) is 20.4. The standard InChI is InChI=1S/C20H20N4O2/c21-20-16-4-1-5-17(25)15(16)6-7-18(20)26-19(12-24-10-9-23-13-24)14-3-2-8-22-11-14/h2-3,6-11,13,19H,1,4-5,12,21H2. The number of aromatic nitrogens is 3. The summed E-state index contributed by atoms with van der Waals surface area (Å²) in [7, 11) is 0. The molecule has 0 saturated carbocycles. The molecule has 0 radical (unpaired) electrons. The Morgan fingerprint density at radius 3 is 2.88 bits per heavy atom. The Bertz CT molecular complexity index is 907. The molecule has 2 heterocycles. The van der Waals surface area contributed by atoms with Gasteiger partial charge in [0.1, 0.15) is 11.9 Å². The molecule has 0 aliphatic heterocycles. The number of ether oxygens (including phenoxy) is 1. The van der Waals surface area contributed by atoms with Crippen LogP contribution in [0.5, 0.6) is 5.75 Å². The normalized spacial score (nSPS) is 14.7. The van der Waals surface area contributed by atoms with Gasteiger partial charge >= 0.3 is 0 Å². The fourth-order valence-electron chi connectivity index (χ4n) is 3.35. The molecule has 0 fully saturated rings. The molecule has 26 heavy (non-hydrogen) atoms. The molecule has 2 aromatic heterocycles. The predicted molar refractivity (Wildman–Crippen MR) is 98.0 cm³/mol. The van der Waals surface area contributed by atoms with Crippen molar-refractivity contribution in [1.82, 2.24) is 14.5 Å². The van der Waals surface area contributed by atoms with Crippen molar-refractivity contribution in [2.75, 3.05) is 5.73 Å². The number of rotatable bonds is 5. The zero-order chi connectivity index (χ0) is 17.9. The molecule has 4 rings (SSSR count). The van der Waals surface area contributed by atoms with Crippen molar-refractivity contribution in [2.45, 2.75) is 31.9 Å². The molecule has 0 bridgehead atoms. The van der Waals surface area contributed by atoms with Gasteiger partial charge in [0.2, 0.25) is 0 Å². The number of ketones is 1. The second kappa shape index (κ2) is 7.00. The molecule has 1 aromatic carbocycles. The number of pyridine rings is 1. The van der Waals surface area contributed by atoms with Gasteiger partial charge in [0, 0.05) is 42.3 Å². The van der Waals surface area contributed by atoms with E-state index in [0.29, 0.717) is 24.4 Å². The van der Waals surface area contributed by atoms with Gasteiger partial charge in [-0.3, -0.25) is 9.78 Å². The van der Waals surface area contributed by atoms with E-state index in [2.05, 4.69) is 9.97 Å². The second-order valence-electron chi connectivity index (χ2n) is 6.43. The molecule has 1 aliphatic rings. The van der Waals surface area contributed by atoms with Crippen molar-refractivity contribution in [2.24, 2.45) is 0 Å². The van der Waals surface area contributed by atoms with E-state index in [1.807, 2.05) is 29.0 Å². The number of hydrogen-bond donors (Lipinski definition) is 1. The molecule has 0 saturated heterocycles. The zero-order valence-electron chi connectivity index (χ0n) is 14.3. The highest BCUT2D eigenvalue weighted by Gasteiger charge is 2.23. The summed E-state index contributed by atoms with van der Waals surface area (Å²) in [5.41, 5.74) is 9.51. The fraction of sp³-hybridized carbons (Fsp3) is 0.250. The number of benzene rings is 1. The highest BCUT2D eigenvalue weighted by Crippen LogP contribution is 2.35. The Hall–Kier alpha value is -3.15. The van der Waals surface area contributed by atoms with Crippen LogP contribution in [0.15, 0.2) is 55.4 Å². The molecule has 6 heteroatoms. The molecule has 0 spiro atoms. The molecule has 1 unspecified atom stereocenters. The number of carbonyl (C=O) groups excluding carboxylic acids is 1. The van der Waals surface area contributed by atoms with Crippen molar-refractivity contribution in [3.8, 4) is 5.75 Å². The Labute approximate surface area is 151 Å². The predicted octanol–water partition coefficient (Wildman–Crippen LogP) is 3.20. The van der Waals surface area contributed by atoms with Crippen molar-refractivity contribution >= 4 is 11.5 Å². The van der Waals surface area contributed by atoms with Crippen molar-refractivity contribution in [1.29, 1.82) is 0 Å². The first kappa shape index (κ1) is 16.3. The molecule has 1 aliphatic carbocycles. The summed E-state index contributed by atoms with van der Waals surface area (Å²) in [6.45, 7) is 0.584. The summed E-state index contributed by atoms with van der Waals surface area (Å²) in [5.74, 6) is 0.763. The van der Waals surface area contributed by atoms with Crippen LogP contribution in [0.4, 0.5) is 5.69 Å². The molecule has 0 amide bonds. The van der Waals surface area contributed by atoms with Gasteiger partial charge in [-0.15, -0.1) is 0 Å². The van der Waals surface area contributed by atoms with Crippen LogP contribution in [0.1, 0.15) is 40.4 Å². The molecular formula is C20H20N4O2. The van der Waals surface area contributed by atoms with Crippen LogP contribution in [-0.4, -0.2) is 20.3 Å². The SMILES string of the molecule is Nc1c(OC(Cn2ccnc2)c2cccnc2)ccc2c1CCCC2=O. The average molecular weight is 348 g/mol. The van der Waals surface area contributed by atoms with E-state index in [9.17, 15) is 4.79 Å². The molecule has 132 valence electrons. The van der Waals surface area contributed by atoms with Crippen LogP contribution < -0.4 is 10.5 Å². The quantitative estimate of drug-likeness (QED) is 0.716. The molecule has 2 N–H and O–H groups in total. The molecule has 6 nitrogen and oxygen atoms in total. The summed E-state index contributed by atoms with van der Waals surface area (Å²) in [5, 5.41) is 0. The zero-order valence-corrected chi connectivity index (χ0v) is 14.3. The van der Waals surface area contributed by atoms with Crippen LogP contribution in [0.3, 0.4) is 0 Å². The first-order valence-electron chi connectivity index (χ1n) is 8.69. The van der Waals surface area contributed by atoms with E-state index in [4.69, 9.17) is 10.5 Å². The van der Waals surface area contributed by atoms with Gasteiger partial charge in [-0.25, -0.2) is 4.98 Å². The van der Waals surface area contributed by atoms with Crippen LogP contribution in [0, 0.1) is 0 Å². The third-order valence-electron chi connectivity index (χ3n) is 4.71. The Kier molecular flexibility index (Phi) is 4.39. The highest BCUT2D eigenvalue weighted by molar-refractivity contribution is 6.00. The number of fused-ring (bicyclic) bond motifs is 1. The Balaban J connectivity index is 1.66. The van der Waals surface area contributed by atoms with Crippen LogP contribution in [0.2, 0.25) is 0 Å². The van der Waals surface area contributed by atoms with Crippen molar-refractivity contribution in [3.05, 3.63) is 72.1 Å². The van der Waals surface area contributed by atoms with E-state index < -0.39 is 0 Å². The van der Waals surface area contributed by atoms with Crippen LogP contribution >= 0.6 is 0 Å². The number of nitrogens with zero attached hydrogens (tertiary/aromatic N) is 3. The summed E-state index contributed by atoms with van der Waals surface area (Å²) in [6.07, 6.45) is 10.9. The van der Waals surface area contributed by atoms with Gasteiger partial charge in [0.25, 0.3) is 0 Å². The number of Topliss-reactive ketones (excluding diaryl/α,β-unsaturated/α-hetero) is 1. The second-order valence-corrected chi connectivity index (χ2v) is 6.43. The topological polar surface area (TPSA) is 83.0 Å². The minimum atomic E-state index is -0.266. The summed E-state index contributed by atoms with van der Waals surface area (Å²) < 4.78 is 8.24. The summed E-state index contributed by atoms with van der Waals surface area (Å²) >= 11 is 0. The van der Waals surface area contributed by atoms with Gasteiger partial charge in [-0.2, -0.15) is 0 Å². The monoisotopic (exact) mass is 348 g/mol. The van der Waals surface area contributed by atoms with Crippen molar-refractivity contribution < 1.29 is 9.53 Å². The maximum atomic E-state index is 12.1. The van der Waals surface area contributed by atoms with Gasteiger partial charge in [-0.1, -0.05) is 6.07 Å². The number of nitrogens with two attached hydrogens (primary N) is 1. The van der Waals surface area contributed by atoms with E-state index in [-0.39, 0.29) is 11.9 Å². The Morgan fingerprint density at radius 1 is 1.19 bits per heavy atom. The molecule has 1 atom stereocenters. The van der Waals surface area contributed by atoms with Crippen LogP contribution in [-0.2, 0) is 13.0 Å². The Morgan fingerprint density at radius 2 is 2.12 bits per heavy atom. The molecule has 3 aromatic rings. The first-order valence-corrected chi connectivity index (χ1v) is 8.69. The van der Waals surface area contributed by atoms with Crippen molar-refractivity contribution in [3.63, 3.8) is 0 Å². The highest BCUT2D eigenvalue weighted by atomic mass is 16.5. The number of imidazole rings is 1. The average Bonchev–Trinajstić information content (AvgIpc) is 3.18. The number of anilines is 1. The third-order valence-corrected chi connectivity index (χ3v) is 4.71. The van der Waals surface area contributed by atoms with Crippen LogP contribution in [0.25, 0.3) is 0 Å². The van der Waals surface area contributed by atoms with Gasteiger partial charge in [0.15, 0.2) is 5.78 Å². The summed E-state index contributed by atoms with van der Waals surface area (Å²) in [6, 6.07) is 7.50. The van der Waals surface area contributed by atoms with Gasteiger partial charge in [0.05, 0.1) is 18.6 Å². The van der Waals surface area contributed by atoms with E-state index >= 15 is 0 Å². The molecular weight excluding hydrogens is 328 g/mol. The maximum absolute atomic E-state index is 12.1. The third kappa shape index (κ3) is 3.18. The van der Waals surface area contributed by atoms with Gasteiger partial charge < -0.3 is 15.0 Å². The minimum absolute atomic E-state index is 0.159.